The second-order valence-corrected chi connectivity index (χ2v) is 10.1. The Morgan fingerprint density at radius 3 is 2.55 bits per heavy atom. The van der Waals surface area contributed by atoms with E-state index < -0.39 is 0 Å². The molecule has 0 aliphatic heterocycles. The number of carbonyl (C=O) groups excluding carboxylic acids is 1. The number of hydrogen-bond acceptors (Lipinski definition) is 6. The predicted molar refractivity (Wildman–Crippen MR) is 127 cm³/mol. The van der Waals surface area contributed by atoms with Gasteiger partial charge >= 0.3 is 0 Å². The molecule has 1 saturated carbocycles. The van der Waals surface area contributed by atoms with E-state index in [0.717, 1.165) is 59.9 Å². The van der Waals surface area contributed by atoms with E-state index in [-0.39, 0.29) is 11.3 Å². The average molecular weight is 448 g/mol. The first-order valence-corrected chi connectivity index (χ1v) is 11.7. The number of aryl methyl sites for hydroxylation is 2. The number of nitrogens with one attached hydrogen (secondary N) is 1. The van der Waals surface area contributed by atoms with Gasteiger partial charge in [-0.1, -0.05) is 25.9 Å². The van der Waals surface area contributed by atoms with Crippen molar-refractivity contribution in [3.8, 4) is 11.3 Å². The Balaban J connectivity index is 1.45. The smallest absolute Gasteiger partial charge is 0.253 e. The van der Waals surface area contributed by atoms with Gasteiger partial charge in [0, 0.05) is 42.0 Å². The second-order valence-electron chi connectivity index (χ2n) is 10.1. The summed E-state index contributed by atoms with van der Waals surface area (Å²) in [6, 6.07) is 5.57. The fourth-order valence-corrected chi connectivity index (χ4v) is 4.44. The van der Waals surface area contributed by atoms with Crippen LogP contribution in [0.3, 0.4) is 0 Å². The fourth-order valence-electron chi connectivity index (χ4n) is 4.44. The third-order valence-electron chi connectivity index (χ3n) is 6.42. The van der Waals surface area contributed by atoms with Crippen molar-refractivity contribution >= 4 is 5.91 Å². The molecule has 0 radical (unpaired) electrons. The van der Waals surface area contributed by atoms with Gasteiger partial charge in [-0.3, -0.25) is 9.78 Å². The molecule has 3 aromatic heterocycles. The lowest BCUT2D eigenvalue weighted by atomic mass is 9.79. The van der Waals surface area contributed by atoms with Crippen LogP contribution in [-0.4, -0.2) is 32.6 Å². The summed E-state index contributed by atoms with van der Waals surface area (Å²) >= 11 is 0. The van der Waals surface area contributed by atoms with Gasteiger partial charge in [0.05, 0.1) is 22.5 Å². The summed E-state index contributed by atoms with van der Waals surface area (Å²) in [5.41, 5.74) is 4.11. The molecule has 0 unspecified atom stereocenters. The molecule has 1 fully saturated rings. The van der Waals surface area contributed by atoms with Crippen molar-refractivity contribution in [1.82, 2.24) is 25.4 Å². The van der Waals surface area contributed by atoms with Gasteiger partial charge < -0.3 is 9.84 Å². The van der Waals surface area contributed by atoms with Crippen molar-refractivity contribution < 1.29 is 9.32 Å². The number of nitrogens with zero attached hydrogens (tertiary/aromatic N) is 4. The van der Waals surface area contributed by atoms with Crippen molar-refractivity contribution in [2.45, 2.75) is 71.6 Å². The van der Waals surface area contributed by atoms with Crippen LogP contribution in [0.5, 0.6) is 0 Å². The highest BCUT2D eigenvalue weighted by Gasteiger charge is 2.29. The van der Waals surface area contributed by atoms with Crippen LogP contribution in [0.15, 0.2) is 35.1 Å². The molecule has 1 amide bonds. The Hall–Kier alpha value is -3.09. The van der Waals surface area contributed by atoms with E-state index in [1.807, 2.05) is 32.2 Å². The number of aromatic nitrogens is 4. The summed E-state index contributed by atoms with van der Waals surface area (Å²) in [4.78, 5) is 26.4. The van der Waals surface area contributed by atoms with E-state index in [1.54, 1.807) is 12.3 Å². The summed E-state index contributed by atoms with van der Waals surface area (Å²) in [5, 5.41) is 7.16. The van der Waals surface area contributed by atoms with Crippen molar-refractivity contribution in [3.05, 3.63) is 59.1 Å². The standard InChI is InChI=1S/C26H33N5O2/c1-16-13-22(33-31-16)21-15-29-25(26(3,4)5)30-23(21)19-10-8-18(9-11-19)14-28-24(32)20-7-6-12-27-17(20)2/h6-7,12-13,15,18-19H,8-11,14H2,1-5H3,(H,28,32). The van der Waals surface area contributed by atoms with E-state index in [1.165, 1.54) is 0 Å². The first kappa shape index (κ1) is 23.1. The summed E-state index contributed by atoms with van der Waals surface area (Å²) in [7, 11) is 0. The number of amides is 1. The molecule has 0 aromatic carbocycles. The predicted octanol–water partition coefficient (Wildman–Crippen LogP) is 5.14. The first-order chi connectivity index (χ1) is 15.7. The number of pyridine rings is 1. The topological polar surface area (TPSA) is 93.8 Å². The molecule has 174 valence electrons. The number of hydrogen-bond donors (Lipinski definition) is 1. The maximum absolute atomic E-state index is 12.5. The minimum Gasteiger partial charge on any atom is -0.356 e. The monoisotopic (exact) mass is 447 g/mol. The molecule has 1 aliphatic rings. The third-order valence-corrected chi connectivity index (χ3v) is 6.42. The van der Waals surface area contributed by atoms with Crippen molar-refractivity contribution in [3.63, 3.8) is 0 Å². The molecule has 3 aromatic rings. The molecule has 0 saturated heterocycles. The van der Waals surface area contributed by atoms with Crippen LogP contribution >= 0.6 is 0 Å². The van der Waals surface area contributed by atoms with Crippen LogP contribution in [0.25, 0.3) is 11.3 Å². The van der Waals surface area contributed by atoms with Crippen LogP contribution < -0.4 is 5.32 Å². The van der Waals surface area contributed by atoms with Gasteiger partial charge in [0.2, 0.25) is 0 Å². The Morgan fingerprint density at radius 2 is 1.91 bits per heavy atom. The maximum atomic E-state index is 12.5. The zero-order chi connectivity index (χ0) is 23.6. The highest BCUT2D eigenvalue weighted by Crippen LogP contribution is 2.39. The SMILES string of the molecule is Cc1cc(-c2cnc(C(C)(C)C)nc2C2CCC(CNC(=O)c3cccnc3C)CC2)on1. The average Bonchev–Trinajstić information content (AvgIpc) is 3.23. The minimum absolute atomic E-state index is 0.0451. The van der Waals surface area contributed by atoms with Gasteiger partial charge in [0.15, 0.2) is 5.76 Å². The highest BCUT2D eigenvalue weighted by molar-refractivity contribution is 5.95. The van der Waals surface area contributed by atoms with Gasteiger partial charge in [0.25, 0.3) is 5.91 Å². The molecule has 3 heterocycles. The van der Waals surface area contributed by atoms with Crippen LogP contribution in [-0.2, 0) is 5.41 Å². The van der Waals surface area contributed by atoms with E-state index in [9.17, 15) is 4.79 Å². The van der Waals surface area contributed by atoms with Crippen LogP contribution in [0.2, 0.25) is 0 Å². The summed E-state index contributed by atoms with van der Waals surface area (Å²) < 4.78 is 5.56. The quantitative estimate of drug-likeness (QED) is 0.582. The van der Waals surface area contributed by atoms with E-state index in [2.05, 4.69) is 41.2 Å². The van der Waals surface area contributed by atoms with E-state index >= 15 is 0 Å². The van der Waals surface area contributed by atoms with Gasteiger partial charge in [-0.25, -0.2) is 9.97 Å². The number of carbonyl (C=O) groups is 1. The van der Waals surface area contributed by atoms with Crippen molar-refractivity contribution in [2.24, 2.45) is 5.92 Å². The van der Waals surface area contributed by atoms with E-state index in [4.69, 9.17) is 9.51 Å². The molecule has 4 rings (SSSR count). The molecule has 7 nitrogen and oxygen atoms in total. The van der Waals surface area contributed by atoms with Gasteiger partial charge in [-0.05, 0) is 57.6 Å². The summed E-state index contributed by atoms with van der Waals surface area (Å²) in [6.45, 7) is 10.9. The van der Waals surface area contributed by atoms with Crippen LogP contribution in [0, 0.1) is 19.8 Å². The fraction of sp³-hybridized carbons (Fsp3) is 0.500. The normalized spacial score (nSPS) is 18.8. The van der Waals surface area contributed by atoms with Crippen molar-refractivity contribution in [1.29, 1.82) is 0 Å². The minimum atomic E-state index is -0.128. The highest BCUT2D eigenvalue weighted by atomic mass is 16.5. The second kappa shape index (κ2) is 9.41. The third kappa shape index (κ3) is 5.29. The Labute approximate surface area is 195 Å². The van der Waals surface area contributed by atoms with Crippen LogP contribution in [0.4, 0.5) is 0 Å². The molecule has 1 aliphatic carbocycles. The lowest BCUT2D eigenvalue weighted by molar-refractivity contribution is 0.0941. The molecule has 0 spiro atoms. The number of rotatable bonds is 5. The van der Waals surface area contributed by atoms with Gasteiger partial charge in [0.1, 0.15) is 5.82 Å². The molecular weight excluding hydrogens is 414 g/mol. The molecule has 0 bridgehead atoms. The molecule has 0 atom stereocenters. The van der Waals surface area contributed by atoms with Gasteiger partial charge in [-0.15, -0.1) is 0 Å². The van der Waals surface area contributed by atoms with Crippen LogP contribution in [0.1, 0.15) is 85.6 Å². The zero-order valence-corrected chi connectivity index (χ0v) is 20.2. The molecule has 1 N–H and O–H groups in total. The molecular formula is C26H33N5O2. The lowest BCUT2D eigenvalue weighted by Crippen LogP contribution is -2.31. The summed E-state index contributed by atoms with van der Waals surface area (Å²) in [6.07, 6.45) is 7.73. The first-order valence-electron chi connectivity index (χ1n) is 11.7. The lowest BCUT2D eigenvalue weighted by Gasteiger charge is -2.30. The van der Waals surface area contributed by atoms with E-state index in [0.29, 0.717) is 23.9 Å². The maximum Gasteiger partial charge on any atom is 0.253 e. The Morgan fingerprint density at radius 1 is 1.15 bits per heavy atom. The largest absolute Gasteiger partial charge is 0.356 e. The van der Waals surface area contributed by atoms with Crippen molar-refractivity contribution in [2.75, 3.05) is 6.54 Å². The molecule has 7 heteroatoms. The molecule has 33 heavy (non-hydrogen) atoms. The van der Waals surface area contributed by atoms with Gasteiger partial charge in [-0.2, -0.15) is 0 Å². The Bertz CT molecular complexity index is 1120. The Kier molecular flexibility index (Phi) is 6.58. The zero-order valence-electron chi connectivity index (χ0n) is 20.2. The summed E-state index contributed by atoms with van der Waals surface area (Å²) in [5.74, 6) is 2.32.